The van der Waals surface area contributed by atoms with Gasteiger partial charge in [-0.15, -0.1) is 0 Å². The van der Waals surface area contributed by atoms with Gasteiger partial charge < -0.3 is 10.0 Å². The number of aryl methyl sites for hydroxylation is 1. The van der Waals surface area contributed by atoms with E-state index in [0.717, 1.165) is 6.42 Å². The average Bonchev–Trinajstić information content (AvgIpc) is 2.46. The van der Waals surface area contributed by atoms with E-state index in [1.54, 1.807) is 0 Å². The summed E-state index contributed by atoms with van der Waals surface area (Å²) < 4.78 is 0. The molecule has 0 radical (unpaired) electrons. The van der Waals surface area contributed by atoms with E-state index in [4.69, 9.17) is 0 Å². The summed E-state index contributed by atoms with van der Waals surface area (Å²) in [6.45, 7) is 4.34. The summed E-state index contributed by atoms with van der Waals surface area (Å²) in [5, 5.41) is 9.62. The third kappa shape index (κ3) is 5.26. The fourth-order valence-corrected chi connectivity index (χ4v) is 3.30. The molecule has 1 aromatic carbocycles. The summed E-state index contributed by atoms with van der Waals surface area (Å²) in [4.78, 5) is 2.61. The molecule has 0 amide bonds. The fourth-order valence-electron chi connectivity index (χ4n) is 3.30. The van der Waals surface area contributed by atoms with E-state index in [-0.39, 0.29) is 6.10 Å². The number of benzene rings is 1. The second-order valence-electron chi connectivity index (χ2n) is 6.21. The van der Waals surface area contributed by atoms with E-state index in [1.165, 1.54) is 57.2 Å². The van der Waals surface area contributed by atoms with Crippen molar-refractivity contribution in [3.05, 3.63) is 35.9 Å². The molecule has 2 heteroatoms. The highest BCUT2D eigenvalue weighted by Gasteiger charge is 2.22. The molecular weight excluding hydrogens is 246 g/mol. The number of aliphatic hydroxyl groups is 1. The Morgan fingerprint density at radius 3 is 2.75 bits per heavy atom. The first-order valence-corrected chi connectivity index (χ1v) is 8.22. The van der Waals surface area contributed by atoms with Crippen molar-refractivity contribution in [1.29, 1.82) is 0 Å². The Morgan fingerprint density at radius 1 is 1.20 bits per heavy atom. The molecule has 20 heavy (non-hydrogen) atoms. The molecule has 1 saturated heterocycles. The lowest BCUT2D eigenvalue weighted by Crippen LogP contribution is -2.41. The van der Waals surface area contributed by atoms with E-state index < -0.39 is 0 Å². The van der Waals surface area contributed by atoms with E-state index in [9.17, 15) is 5.11 Å². The molecule has 1 N–H and O–H groups in total. The van der Waals surface area contributed by atoms with Crippen LogP contribution in [-0.4, -0.2) is 35.2 Å². The highest BCUT2D eigenvalue weighted by atomic mass is 16.3. The second kappa shape index (κ2) is 8.43. The molecule has 0 aliphatic carbocycles. The maximum Gasteiger partial charge on any atom is 0.0527 e. The summed E-state index contributed by atoms with van der Waals surface area (Å²) in [5.41, 5.74) is 1.45. The molecule has 2 atom stereocenters. The predicted octanol–water partition coefficient (Wildman–Crippen LogP) is 3.63. The van der Waals surface area contributed by atoms with Crippen molar-refractivity contribution in [3.8, 4) is 0 Å². The second-order valence-corrected chi connectivity index (χ2v) is 6.21. The molecular formula is C18H29NO. The molecule has 2 nitrogen and oxygen atoms in total. The lowest BCUT2D eigenvalue weighted by Gasteiger charge is -2.36. The van der Waals surface area contributed by atoms with Gasteiger partial charge in [-0.2, -0.15) is 0 Å². The monoisotopic (exact) mass is 275 g/mol. The number of hydrogen-bond donors (Lipinski definition) is 1. The zero-order valence-corrected chi connectivity index (χ0v) is 12.8. The number of unbranched alkanes of at least 4 members (excludes halogenated alkanes) is 1. The Morgan fingerprint density at radius 2 is 2.00 bits per heavy atom. The SMILES string of the molecule is CC(O)CC1CCCCN1CCCCc1ccccc1. The molecule has 0 spiro atoms. The van der Waals surface area contributed by atoms with Gasteiger partial charge in [0.25, 0.3) is 0 Å². The fraction of sp³-hybridized carbons (Fsp3) is 0.667. The molecule has 1 aliphatic heterocycles. The van der Waals surface area contributed by atoms with Crippen LogP contribution >= 0.6 is 0 Å². The van der Waals surface area contributed by atoms with E-state index in [0.29, 0.717) is 6.04 Å². The Balaban J connectivity index is 1.69. The molecule has 0 bridgehead atoms. The lowest BCUT2D eigenvalue weighted by atomic mass is 9.96. The quantitative estimate of drug-likeness (QED) is 0.768. The van der Waals surface area contributed by atoms with Crippen LogP contribution < -0.4 is 0 Å². The van der Waals surface area contributed by atoms with Crippen molar-refractivity contribution in [2.75, 3.05) is 13.1 Å². The molecule has 1 aromatic rings. The number of aliphatic hydroxyl groups excluding tert-OH is 1. The highest BCUT2D eigenvalue weighted by Crippen LogP contribution is 2.21. The van der Waals surface area contributed by atoms with Crippen molar-refractivity contribution in [3.63, 3.8) is 0 Å². The molecule has 2 rings (SSSR count). The molecule has 0 saturated carbocycles. The van der Waals surface area contributed by atoms with Gasteiger partial charge in [0.2, 0.25) is 0 Å². The normalized spacial score (nSPS) is 21.8. The Labute approximate surface area is 123 Å². The lowest BCUT2D eigenvalue weighted by molar-refractivity contribution is 0.0857. The van der Waals surface area contributed by atoms with Crippen molar-refractivity contribution in [2.45, 2.75) is 64.0 Å². The van der Waals surface area contributed by atoms with Gasteiger partial charge in [0, 0.05) is 6.04 Å². The topological polar surface area (TPSA) is 23.5 Å². The summed E-state index contributed by atoms with van der Waals surface area (Å²) in [7, 11) is 0. The zero-order valence-electron chi connectivity index (χ0n) is 12.8. The summed E-state index contributed by atoms with van der Waals surface area (Å²) in [6, 6.07) is 11.4. The van der Waals surface area contributed by atoms with Gasteiger partial charge >= 0.3 is 0 Å². The summed E-state index contributed by atoms with van der Waals surface area (Å²) in [6.07, 6.45) is 8.43. The molecule has 1 aliphatic rings. The van der Waals surface area contributed by atoms with Gasteiger partial charge in [0.1, 0.15) is 0 Å². The van der Waals surface area contributed by atoms with E-state index in [2.05, 4.69) is 35.2 Å². The van der Waals surface area contributed by atoms with E-state index >= 15 is 0 Å². The standard InChI is InChI=1S/C18H29NO/c1-16(20)15-18-12-6-8-14-19(18)13-7-5-11-17-9-3-2-4-10-17/h2-4,9-10,16,18,20H,5-8,11-15H2,1H3. The van der Waals surface area contributed by atoms with Crippen molar-refractivity contribution in [1.82, 2.24) is 4.90 Å². The summed E-state index contributed by atoms with van der Waals surface area (Å²) in [5.74, 6) is 0. The maximum absolute atomic E-state index is 9.62. The van der Waals surface area contributed by atoms with Gasteiger partial charge in [-0.3, -0.25) is 0 Å². The number of nitrogens with zero attached hydrogens (tertiary/aromatic N) is 1. The highest BCUT2D eigenvalue weighted by molar-refractivity contribution is 5.14. The number of piperidine rings is 1. The molecule has 1 heterocycles. The number of likely N-dealkylation sites (tertiary alicyclic amines) is 1. The van der Waals surface area contributed by atoms with Crippen LogP contribution in [0.25, 0.3) is 0 Å². The first kappa shape index (κ1) is 15.5. The van der Waals surface area contributed by atoms with Gasteiger partial charge in [-0.25, -0.2) is 0 Å². The summed E-state index contributed by atoms with van der Waals surface area (Å²) >= 11 is 0. The minimum Gasteiger partial charge on any atom is -0.393 e. The minimum absolute atomic E-state index is 0.162. The van der Waals surface area contributed by atoms with Crippen LogP contribution in [0.2, 0.25) is 0 Å². The van der Waals surface area contributed by atoms with Gasteiger partial charge in [0.15, 0.2) is 0 Å². The zero-order chi connectivity index (χ0) is 14.2. The van der Waals surface area contributed by atoms with Crippen LogP contribution in [0.15, 0.2) is 30.3 Å². The van der Waals surface area contributed by atoms with Crippen LogP contribution in [-0.2, 0) is 6.42 Å². The molecule has 1 fully saturated rings. The predicted molar refractivity (Wildman–Crippen MR) is 84.9 cm³/mol. The maximum atomic E-state index is 9.62. The molecule has 112 valence electrons. The minimum atomic E-state index is -0.162. The third-order valence-electron chi connectivity index (χ3n) is 4.37. The molecule has 2 unspecified atom stereocenters. The van der Waals surface area contributed by atoms with Gasteiger partial charge in [-0.1, -0.05) is 36.8 Å². The first-order chi connectivity index (χ1) is 9.75. The number of hydrogen-bond acceptors (Lipinski definition) is 2. The third-order valence-corrected chi connectivity index (χ3v) is 4.37. The Hall–Kier alpha value is -0.860. The van der Waals surface area contributed by atoms with Crippen LogP contribution in [0.1, 0.15) is 51.0 Å². The average molecular weight is 275 g/mol. The first-order valence-electron chi connectivity index (χ1n) is 8.22. The largest absolute Gasteiger partial charge is 0.393 e. The van der Waals surface area contributed by atoms with Crippen molar-refractivity contribution < 1.29 is 5.11 Å². The van der Waals surface area contributed by atoms with E-state index in [1.807, 2.05) is 6.92 Å². The van der Waals surface area contributed by atoms with Crippen LogP contribution in [0, 0.1) is 0 Å². The van der Waals surface area contributed by atoms with Crippen LogP contribution in [0.4, 0.5) is 0 Å². The van der Waals surface area contributed by atoms with Crippen molar-refractivity contribution in [2.24, 2.45) is 0 Å². The van der Waals surface area contributed by atoms with Crippen LogP contribution in [0.3, 0.4) is 0 Å². The van der Waals surface area contributed by atoms with Gasteiger partial charge in [-0.05, 0) is 64.1 Å². The Bertz CT molecular complexity index is 363. The number of rotatable bonds is 7. The van der Waals surface area contributed by atoms with Gasteiger partial charge in [0.05, 0.1) is 6.10 Å². The Kier molecular flexibility index (Phi) is 6.55. The van der Waals surface area contributed by atoms with Crippen LogP contribution in [0.5, 0.6) is 0 Å². The smallest absolute Gasteiger partial charge is 0.0527 e. The van der Waals surface area contributed by atoms with Crippen molar-refractivity contribution >= 4 is 0 Å². The molecule has 0 aromatic heterocycles.